The summed E-state index contributed by atoms with van der Waals surface area (Å²) in [5, 5.41) is 8.18. The highest BCUT2D eigenvalue weighted by molar-refractivity contribution is 4.82. The summed E-state index contributed by atoms with van der Waals surface area (Å²) < 4.78 is 0. The predicted molar refractivity (Wildman–Crippen MR) is 41.9 cm³/mol. The van der Waals surface area contributed by atoms with Crippen molar-refractivity contribution in [2.45, 2.75) is 32.1 Å². The van der Waals surface area contributed by atoms with E-state index in [9.17, 15) is 0 Å². The van der Waals surface area contributed by atoms with E-state index in [1.54, 1.807) is 7.05 Å². The molecule has 0 unspecified atom stereocenters. The Morgan fingerprint density at radius 2 is 1.90 bits per heavy atom. The van der Waals surface area contributed by atoms with Crippen LogP contribution >= 0.6 is 0 Å². The molecule has 0 aliphatic rings. The normalized spacial score (nSPS) is 7.60. The van der Waals surface area contributed by atoms with E-state index < -0.39 is 0 Å². The van der Waals surface area contributed by atoms with E-state index in [4.69, 9.17) is 5.26 Å². The molecule has 0 spiro atoms. The maximum absolute atomic E-state index is 8.18. The topological polar surface area (TPSA) is 28.1 Å². The lowest BCUT2D eigenvalue weighted by Crippen LogP contribution is -1.74. The Kier molecular flexibility index (Phi) is 7.17. The molecule has 0 aromatic heterocycles. The van der Waals surface area contributed by atoms with Crippen LogP contribution in [0.3, 0.4) is 0 Å². The van der Waals surface area contributed by atoms with E-state index in [0.29, 0.717) is 6.42 Å². The van der Waals surface area contributed by atoms with E-state index in [1.165, 1.54) is 0 Å². The summed E-state index contributed by atoms with van der Waals surface area (Å²) >= 11 is 0. The van der Waals surface area contributed by atoms with E-state index in [-0.39, 0.29) is 0 Å². The van der Waals surface area contributed by atoms with Crippen LogP contribution in [0.5, 0.6) is 0 Å². The number of nitriles is 1. The predicted octanol–water partition coefficient (Wildman–Crippen LogP) is 2.42. The zero-order valence-electron chi connectivity index (χ0n) is 6.43. The minimum atomic E-state index is 0.684. The molecule has 10 heavy (non-hydrogen) atoms. The highest BCUT2D eigenvalue weighted by Gasteiger charge is 1.88. The molecule has 0 fully saturated rings. The fourth-order valence-corrected chi connectivity index (χ4v) is 0.697. The average Bonchev–Trinajstić information content (AvgIpc) is 1.97. The third-order valence-electron chi connectivity index (χ3n) is 1.24. The molecule has 0 saturated carbocycles. The first-order valence-electron chi connectivity index (χ1n) is 3.60. The van der Waals surface area contributed by atoms with Crippen molar-refractivity contribution < 1.29 is 0 Å². The molecule has 0 aliphatic heterocycles. The summed E-state index contributed by atoms with van der Waals surface area (Å²) in [6.07, 6.45) is 4.86. The molecular formula is C8H13N2+. The first-order valence-corrected chi connectivity index (χ1v) is 3.60. The molecule has 0 aromatic carbocycles. The standard InChI is InChI=1S/C8H13N2/c1-10-8-6-4-2-3-5-7-9/h2-6H2,1H3/q+1. The molecule has 0 heterocycles. The molecule has 0 rings (SSSR count). The van der Waals surface area contributed by atoms with Crippen molar-refractivity contribution >= 4 is 0 Å². The van der Waals surface area contributed by atoms with Crippen LogP contribution in [0.2, 0.25) is 0 Å². The Morgan fingerprint density at radius 3 is 2.50 bits per heavy atom. The van der Waals surface area contributed by atoms with Gasteiger partial charge in [0, 0.05) is 6.42 Å². The molecule has 2 heteroatoms. The second-order valence-electron chi connectivity index (χ2n) is 2.10. The Morgan fingerprint density at radius 1 is 1.20 bits per heavy atom. The van der Waals surface area contributed by atoms with Gasteiger partial charge in [0.2, 0.25) is 0 Å². The lowest BCUT2D eigenvalue weighted by Gasteiger charge is -1.87. The third-order valence-corrected chi connectivity index (χ3v) is 1.24. The van der Waals surface area contributed by atoms with Crippen LogP contribution in [0.1, 0.15) is 32.1 Å². The fraction of sp³-hybridized carbons (Fsp3) is 0.750. The minimum absolute atomic E-state index is 0.684. The van der Waals surface area contributed by atoms with Crippen molar-refractivity contribution in [3.8, 4) is 12.1 Å². The Balaban J connectivity index is 2.90. The van der Waals surface area contributed by atoms with Gasteiger partial charge in [-0.05, 0) is 12.8 Å². The molecule has 0 amide bonds. The molecular weight excluding hydrogens is 124 g/mol. The Hall–Kier alpha value is -1.02. The van der Waals surface area contributed by atoms with Gasteiger partial charge in [-0.15, -0.1) is 0 Å². The first-order chi connectivity index (χ1) is 4.91. The van der Waals surface area contributed by atoms with Crippen molar-refractivity contribution in [3.63, 3.8) is 0 Å². The van der Waals surface area contributed by atoms with E-state index in [2.05, 4.69) is 17.0 Å². The molecule has 2 nitrogen and oxygen atoms in total. The number of hydrogen-bond donors (Lipinski definition) is 0. The summed E-state index contributed by atoms with van der Waals surface area (Å²) in [5.41, 5.74) is 0. The second-order valence-corrected chi connectivity index (χ2v) is 2.10. The van der Waals surface area contributed by atoms with Crippen molar-refractivity contribution in [3.05, 3.63) is 4.85 Å². The summed E-state index contributed by atoms with van der Waals surface area (Å²) in [5.74, 6) is 0. The average molecular weight is 137 g/mol. The maximum Gasteiger partial charge on any atom is 0.272 e. The van der Waals surface area contributed by atoms with Crippen molar-refractivity contribution in [2.75, 3.05) is 7.05 Å². The number of rotatable bonds is 4. The van der Waals surface area contributed by atoms with Gasteiger partial charge in [0.1, 0.15) is 0 Å². The molecule has 0 bridgehead atoms. The van der Waals surface area contributed by atoms with Gasteiger partial charge < -0.3 is 0 Å². The molecule has 0 N–H and O–H groups in total. The maximum atomic E-state index is 8.18. The van der Waals surface area contributed by atoms with Gasteiger partial charge in [-0.25, -0.2) is 0 Å². The van der Waals surface area contributed by atoms with Gasteiger partial charge in [-0.3, -0.25) is 0 Å². The van der Waals surface area contributed by atoms with Crippen molar-refractivity contribution in [1.29, 1.82) is 5.26 Å². The summed E-state index contributed by atoms with van der Waals surface area (Å²) in [6, 6.07) is 4.98. The van der Waals surface area contributed by atoms with Gasteiger partial charge in [-0.1, -0.05) is 11.3 Å². The van der Waals surface area contributed by atoms with Gasteiger partial charge in [-0.2, -0.15) is 5.26 Å². The first kappa shape index (κ1) is 8.98. The van der Waals surface area contributed by atoms with Crippen LogP contribution in [0, 0.1) is 17.4 Å². The van der Waals surface area contributed by atoms with Crippen LogP contribution < -0.4 is 0 Å². The van der Waals surface area contributed by atoms with Gasteiger partial charge >= 0.3 is 0 Å². The quantitative estimate of drug-likeness (QED) is 0.547. The highest BCUT2D eigenvalue weighted by atomic mass is 14.6. The number of unbranched alkanes of at least 4 members (excludes halogenated alkanes) is 4. The summed E-state index contributed by atoms with van der Waals surface area (Å²) in [6.45, 7) is 0. The minimum Gasteiger partial charge on any atom is -0.198 e. The smallest absolute Gasteiger partial charge is 0.198 e. The van der Waals surface area contributed by atoms with Crippen LogP contribution in [-0.2, 0) is 0 Å². The largest absolute Gasteiger partial charge is 0.272 e. The zero-order valence-corrected chi connectivity index (χ0v) is 6.43. The molecule has 0 aromatic rings. The molecule has 0 saturated heterocycles. The second kappa shape index (κ2) is 7.98. The van der Waals surface area contributed by atoms with Crippen molar-refractivity contribution in [2.24, 2.45) is 0 Å². The molecule has 0 radical (unpaired) electrons. The van der Waals surface area contributed by atoms with Crippen LogP contribution in [0.4, 0.5) is 0 Å². The van der Waals surface area contributed by atoms with Crippen LogP contribution in [0.15, 0.2) is 0 Å². The van der Waals surface area contributed by atoms with Crippen molar-refractivity contribution in [1.82, 2.24) is 0 Å². The monoisotopic (exact) mass is 137 g/mol. The number of nitrogens with zero attached hydrogens (tertiary/aromatic N) is 2. The lowest BCUT2D eigenvalue weighted by molar-refractivity contribution is 0.706. The van der Waals surface area contributed by atoms with Gasteiger partial charge in [0.05, 0.1) is 12.5 Å². The zero-order chi connectivity index (χ0) is 7.66. The summed E-state index contributed by atoms with van der Waals surface area (Å²) in [4.78, 5) is 3.74. The van der Waals surface area contributed by atoms with Gasteiger partial charge in [0.25, 0.3) is 13.1 Å². The van der Waals surface area contributed by atoms with E-state index in [0.717, 1.165) is 25.7 Å². The Labute approximate surface area is 62.3 Å². The highest BCUT2D eigenvalue weighted by Crippen LogP contribution is 2.00. The number of hydrogen-bond acceptors (Lipinski definition) is 1. The SMILES string of the molecule is C[N+]#CCCCCCC#N. The van der Waals surface area contributed by atoms with E-state index in [1.807, 2.05) is 0 Å². The van der Waals surface area contributed by atoms with Crippen LogP contribution in [0.25, 0.3) is 4.85 Å². The molecule has 0 aliphatic carbocycles. The molecule has 0 atom stereocenters. The fourth-order valence-electron chi connectivity index (χ4n) is 0.697. The molecule has 54 valence electrons. The summed E-state index contributed by atoms with van der Waals surface area (Å²) in [7, 11) is 1.73. The van der Waals surface area contributed by atoms with Gasteiger partial charge in [0.15, 0.2) is 0 Å². The van der Waals surface area contributed by atoms with E-state index >= 15 is 0 Å². The lowest BCUT2D eigenvalue weighted by atomic mass is 10.2. The third kappa shape index (κ3) is 6.98. The van der Waals surface area contributed by atoms with Crippen LogP contribution in [-0.4, -0.2) is 7.05 Å². The Bertz CT molecular complexity index is 156.